The van der Waals surface area contributed by atoms with E-state index >= 15 is 0 Å². The number of benzene rings is 1. The third-order valence-corrected chi connectivity index (χ3v) is 3.54. The zero-order valence-corrected chi connectivity index (χ0v) is 13.3. The van der Waals surface area contributed by atoms with Gasteiger partial charge in [-0.15, -0.1) is 0 Å². The van der Waals surface area contributed by atoms with Crippen molar-refractivity contribution >= 4 is 17.3 Å². The van der Waals surface area contributed by atoms with Crippen molar-refractivity contribution in [2.45, 2.75) is 19.9 Å². The van der Waals surface area contributed by atoms with Crippen LogP contribution in [-0.2, 0) is 6.54 Å². The molecule has 0 heterocycles. The van der Waals surface area contributed by atoms with Crippen LogP contribution in [0.3, 0.4) is 0 Å². The van der Waals surface area contributed by atoms with Gasteiger partial charge in [0.15, 0.2) is 0 Å². The topological polar surface area (TPSA) is 18.5 Å². The fourth-order valence-electron chi connectivity index (χ4n) is 2.11. The zero-order chi connectivity index (χ0) is 14.3. The quantitative estimate of drug-likeness (QED) is 0.791. The van der Waals surface area contributed by atoms with E-state index in [9.17, 15) is 0 Å². The first-order valence-corrected chi connectivity index (χ1v) is 7.29. The number of anilines is 1. The van der Waals surface area contributed by atoms with Crippen molar-refractivity contribution in [2.75, 3.05) is 45.7 Å². The normalized spacial score (nSPS) is 11.1. The lowest BCUT2D eigenvalue weighted by Crippen LogP contribution is -2.27. The Bertz CT molecular complexity index is 380. The molecule has 3 nitrogen and oxygen atoms in total. The molecule has 0 fully saturated rings. The minimum atomic E-state index is 0.811. The molecule has 19 heavy (non-hydrogen) atoms. The van der Waals surface area contributed by atoms with Gasteiger partial charge in [-0.05, 0) is 58.7 Å². The van der Waals surface area contributed by atoms with Crippen LogP contribution in [0.5, 0.6) is 0 Å². The molecular weight excluding hydrogens is 258 g/mol. The Morgan fingerprint density at radius 2 is 1.95 bits per heavy atom. The van der Waals surface area contributed by atoms with Gasteiger partial charge >= 0.3 is 0 Å². The largest absolute Gasteiger partial charge is 0.372 e. The SMILES string of the molecule is CCN(CCCN(C)C)c1ccc(CNC)c(Cl)c1. The Labute approximate surface area is 122 Å². The molecule has 0 atom stereocenters. The van der Waals surface area contributed by atoms with E-state index in [1.54, 1.807) is 0 Å². The Morgan fingerprint density at radius 3 is 2.47 bits per heavy atom. The summed E-state index contributed by atoms with van der Waals surface area (Å²) in [4.78, 5) is 4.59. The molecule has 0 unspecified atom stereocenters. The first kappa shape index (κ1) is 16.3. The molecule has 0 spiro atoms. The molecule has 0 saturated heterocycles. The van der Waals surface area contributed by atoms with Crippen LogP contribution in [0.2, 0.25) is 5.02 Å². The summed E-state index contributed by atoms with van der Waals surface area (Å²) >= 11 is 6.32. The highest BCUT2D eigenvalue weighted by molar-refractivity contribution is 6.31. The van der Waals surface area contributed by atoms with Crippen LogP contribution >= 0.6 is 11.6 Å². The predicted octanol–water partition coefficient (Wildman–Crippen LogP) is 2.84. The average molecular weight is 284 g/mol. The maximum atomic E-state index is 6.32. The molecule has 0 aliphatic carbocycles. The molecule has 4 heteroatoms. The second-order valence-corrected chi connectivity index (χ2v) is 5.45. The molecule has 108 valence electrons. The van der Waals surface area contributed by atoms with Crippen molar-refractivity contribution in [3.63, 3.8) is 0 Å². The van der Waals surface area contributed by atoms with E-state index in [0.717, 1.165) is 43.2 Å². The van der Waals surface area contributed by atoms with Crippen LogP contribution in [-0.4, -0.2) is 45.7 Å². The zero-order valence-electron chi connectivity index (χ0n) is 12.5. The van der Waals surface area contributed by atoms with Crippen LogP contribution < -0.4 is 10.2 Å². The van der Waals surface area contributed by atoms with E-state index in [4.69, 9.17) is 11.6 Å². The van der Waals surface area contributed by atoms with Crippen LogP contribution in [0, 0.1) is 0 Å². The first-order valence-electron chi connectivity index (χ1n) is 6.91. The van der Waals surface area contributed by atoms with Gasteiger partial charge in [-0.2, -0.15) is 0 Å². The molecule has 0 radical (unpaired) electrons. The van der Waals surface area contributed by atoms with E-state index in [-0.39, 0.29) is 0 Å². The van der Waals surface area contributed by atoms with Crippen molar-refractivity contribution in [2.24, 2.45) is 0 Å². The van der Waals surface area contributed by atoms with E-state index in [2.05, 4.69) is 54.3 Å². The van der Waals surface area contributed by atoms with E-state index in [1.807, 2.05) is 7.05 Å². The predicted molar refractivity (Wildman–Crippen MR) is 85.3 cm³/mol. The van der Waals surface area contributed by atoms with Gasteiger partial charge in [0.2, 0.25) is 0 Å². The van der Waals surface area contributed by atoms with Gasteiger partial charge in [-0.25, -0.2) is 0 Å². The molecule has 0 amide bonds. The van der Waals surface area contributed by atoms with E-state index in [0.29, 0.717) is 0 Å². The molecule has 1 rings (SSSR count). The van der Waals surface area contributed by atoms with Gasteiger partial charge in [0, 0.05) is 30.3 Å². The summed E-state index contributed by atoms with van der Waals surface area (Å²) in [6.45, 7) is 6.19. The lowest BCUT2D eigenvalue weighted by molar-refractivity contribution is 0.400. The average Bonchev–Trinajstić information content (AvgIpc) is 2.37. The highest BCUT2D eigenvalue weighted by Gasteiger charge is 2.07. The maximum Gasteiger partial charge on any atom is 0.0471 e. The van der Waals surface area contributed by atoms with Crippen LogP contribution in [0.15, 0.2) is 18.2 Å². The number of nitrogens with one attached hydrogen (secondary N) is 1. The summed E-state index contributed by atoms with van der Waals surface area (Å²) in [5.41, 5.74) is 2.36. The maximum absolute atomic E-state index is 6.32. The monoisotopic (exact) mass is 283 g/mol. The smallest absolute Gasteiger partial charge is 0.0471 e. The number of hydrogen-bond acceptors (Lipinski definition) is 3. The number of hydrogen-bond donors (Lipinski definition) is 1. The lowest BCUT2D eigenvalue weighted by atomic mass is 10.2. The van der Waals surface area contributed by atoms with Crippen molar-refractivity contribution in [1.82, 2.24) is 10.2 Å². The summed E-state index contributed by atoms with van der Waals surface area (Å²) in [6, 6.07) is 6.36. The number of halogens is 1. The summed E-state index contributed by atoms with van der Waals surface area (Å²) in [5, 5.41) is 3.98. The minimum Gasteiger partial charge on any atom is -0.372 e. The molecule has 1 aromatic rings. The Balaban J connectivity index is 2.67. The van der Waals surface area contributed by atoms with Gasteiger partial charge in [0.05, 0.1) is 0 Å². The fraction of sp³-hybridized carbons (Fsp3) is 0.600. The van der Waals surface area contributed by atoms with E-state index in [1.165, 1.54) is 5.69 Å². The second kappa shape index (κ2) is 8.41. The van der Waals surface area contributed by atoms with Crippen molar-refractivity contribution in [3.05, 3.63) is 28.8 Å². The first-order chi connectivity index (χ1) is 9.08. The molecule has 1 N–H and O–H groups in total. The van der Waals surface area contributed by atoms with Gasteiger partial charge in [-0.1, -0.05) is 17.7 Å². The molecular formula is C15H26ClN3. The van der Waals surface area contributed by atoms with Gasteiger partial charge in [0.1, 0.15) is 0 Å². The third-order valence-electron chi connectivity index (χ3n) is 3.18. The van der Waals surface area contributed by atoms with Crippen molar-refractivity contribution in [3.8, 4) is 0 Å². The molecule has 1 aromatic carbocycles. The van der Waals surface area contributed by atoms with Crippen LogP contribution in [0.1, 0.15) is 18.9 Å². The molecule has 0 saturated carbocycles. The summed E-state index contributed by atoms with van der Waals surface area (Å²) in [6.07, 6.45) is 1.16. The number of nitrogens with zero attached hydrogens (tertiary/aromatic N) is 2. The summed E-state index contributed by atoms with van der Waals surface area (Å²) in [5.74, 6) is 0. The number of rotatable bonds is 8. The summed E-state index contributed by atoms with van der Waals surface area (Å²) in [7, 11) is 6.16. The Kier molecular flexibility index (Phi) is 7.21. The van der Waals surface area contributed by atoms with Crippen molar-refractivity contribution in [1.29, 1.82) is 0 Å². The van der Waals surface area contributed by atoms with Crippen molar-refractivity contribution < 1.29 is 0 Å². The molecule has 0 aromatic heterocycles. The lowest BCUT2D eigenvalue weighted by Gasteiger charge is -2.24. The Morgan fingerprint density at radius 1 is 1.21 bits per heavy atom. The van der Waals surface area contributed by atoms with Gasteiger partial charge < -0.3 is 15.1 Å². The molecule has 0 aliphatic rings. The Hall–Kier alpha value is -0.770. The highest BCUT2D eigenvalue weighted by atomic mass is 35.5. The second-order valence-electron chi connectivity index (χ2n) is 5.04. The molecule has 0 aliphatic heterocycles. The molecule has 0 bridgehead atoms. The van der Waals surface area contributed by atoms with Gasteiger partial charge in [-0.3, -0.25) is 0 Å². The van der Waals surface area contributed by atoms with Crippen LogP contribution in [0.4, 0.5) is 5.69 Å². The minimum absolute atomic E-state index is 0.811. The van der Waals surface area contributed by atoms with Crippen LogP contribution in [0.25, 0.3) is 0 Å². The van der Waals surface area contributed by atoms with Gasteiger partial charge in [0.25, 0.3) is 0 Å². The van der Waals surface area contributed by atoms with E-state index < -0.39 is 0 Å². The highest BCUT2D eigenvalue weighted by Crippen LogP contribution is 2.23. The summed E-state index contributed by atoms with van der Waals surface area (Å²) < 4.78 is 0. The third kappa shape index (κ3) is 5.39. The standard InChI is InChI=1S/C15H26ClN3/c1-5-19(10-6-9-18(3)4)14-8-7-13(12-17-2)15(16)11-14/h7-8,11,17H,5-6,9-10,12H2,1-4H3. The fourth-order valence-corrected chi connectivity index (χ4v) is 2.36.